The molecule has 3 aromatic carbocycles. The number of nitrogens with one attached hydrogen (secondary N) is 1. The molecule has 7 nitrogen and oxygen atoms in total. The lowest BCUT2D eigenvalue weighted by atomic mass is 10.0. The van der Waals surface area contributed by atoms with Gasteiger partial charge in [0.05, 0.1) is 10.3 Å². The van der Waals surface area contributed by atoms with Gasteiger partial charge in [-0.25, -0.2) is 18.0 Å². The lowest BCUT2D eigenvalue weighted by Crippen LogP contribution is -2.42. The first-order valence-corrected chi connectivity index (χ1v) is 12.0. The van der Waals surface area contributed by atoms with Crippen LogP contribution in [-0.4, -0.2) is 20.4 Å². The molecule has 1 heterocycles. The number of fused-ring (bicyclic) bond motifs is 3. The summed E-state index contributed by atoms with van der Waals surface area (Å²) in [5.41, 5.74) is 1.23. The standard InChI is InChI=1S/C25H23NO6S/c1-4-21(26-33(29,30)17-11-9-15(2)10-12-17)25(28)31-22-14-13-19-18-7-5-6-8-20(18)24(27)32-23(19)16(22)3/h5-14,21,26H,4H2,1-3H3/t21-/m1/s1. The number of sulfonamides is 1. The number of benzene rings is 3. The van der Waals surface area contributed by atoms with E-state index < -0.39 is 27.7 Å². The Morgan fingerprint density at radius 2 is 1.64 bits per heavy atom. The summed E-state index contributed by atoms with van der Waals surface area (Å²) in [6.45, 7) is 5.22. The lowest BCUT2D eigenvalue weighted by Gasteiger charge is -2.17. The van der Waals surface area contributed by atoms with Crippen molar-refractivity contribution >= 4 is 37.7 Å². The maximum atomic E-state index is 12.8. The van der Waals surface area contributed by atoms with Crippen LogP contribution in [0.4, 0.5) is 0 Å². The van der Waals surface area contributed by atoms with Crippen molar-refractivity contribution in [1.82, 2.24) is 4.72 Å². The van der Waals surface area contributed by atoms with Crippen molar-refractivity contribution in [3.05, 3.63) is 82.2 Å². The first-order chi connectivity index (χ1) is 15.7. The van der Waals surface area contributed by atoms with Crippen LogP contribution in [0, 0.1) is 13.8 Å². The molecule has 0 aliphatic rings. The predicted octanol–water partition coefficient (Wildman–Crippen LogP) is 4.23. The molecule has 0 unspecified atom stereocenters. The van der Waals surface area contributed by atoms with Gasteiger partial charge in [-0.3, -0.25) is 0 Å². The van der Waals surface area contributed by atoms with Crippen LogP contribution in [0.5, 0.6) is 5.75 Å². The van der Waals surface area contributed by atoms with E-state index in [9.17, 15) is 18.0 Å². The van der Waals surface area contributed by atoms with Crippen LogP contribution in [0.1, 0.15) is 24.5 Å². The molecule has 1 N–H and O–H groups in total. The number of carbonyl (C=O) groups is 1. The summed E-state index contributed by atoms with van der Waals surface area (Å²) in [6, 6.07) is 15.7. The normalized spacial score (nSPS) is 12.7. The molecule has 170 valence electrons. The van der Waals surface area contributed by atoms with E-state index in [0.29, 0.717) is 16.5 Å². The van der Waals surface area contributed by atoms with Gasteiger partial charge in [-0.05, 0) is 56.0 Å². The summed E-state index contributed by atoms with van der Waals surface area (Å²) < 4.78 is 38.9. The minimum atomic E-state index is -3.91. The molecule has 0 saturated carbocycles. The van der Waals surface area contributed by atoms with E-state index in [1.165, 1.54) is 12.1 Å². The largest absolute Gasteiger partial charge is 0.425 e. The van der Waals surface area contributed by atoms with E-state index in [2.05, 4.69) is 4.72 Å². The second-order valence-electron chi connectivity index (χ2n) is 7.82. The fraction of sp³-hybridized carbons (Fsp3) is 0.200. The maximum Gasteiger partial charge on any atom is 0.344 e. The number of rotatable bonds is 6. The van der Waals surface area contributed by atoms with Gasteiger partial charge in [-0.1, -0.05) is 42.8 Å². The zero-order chi connectivity index (χ0) is 23.8. The van der Waals surface area contributed by atoms with Crippen molar-refractivity contribution < 1.29 is 22.4 Å². The van der Waals surface area contributed by atoms with Crippen LogP contribution >= 0.6 is 0 Å². The molecule has 0 aliphatic carbocycles. The molecular weight excluding hydrogens is 442 g/mol. The number of esters is 1. The van der Waals surface area contributed by atoms with E-state index in [0.717, 1.165) is 16.3 Å². The van der Waals surface area contributed by atoms with Gasteiger partial charge in [0.25, 0.3) is 0 Å². The van der Waals surface area contributed by atoms with Crippen LogP contribution in [-0.2, 0) is 14.8 Å². The van der Waals surface area contributed by atoms with Gasteiger partial charge in [-0.15, -0.1) is 0 Å². The second-order valence-corrected chi connectivity index (χ2v) is 9.53. The molecule has 1 aromatic heterocycles. The van der Waals surface area contributed by atoms with Crippen molar-refractivity contribution in [2.75, 3.05) is 0 Å². The molecule has 4 rings (SSSR count). The zero-order valence-corrected chi connectivity index (χ0v) is 19.2. The number of aryl methyl sites for hydroxylation is 2. The molecule has 0 aliphatic heterocycles. The van der Waals surface area contributed by atoms with Crippen LogP contribution in [0.15, 0.2) is 74.8 Å². The molecule has 0 fully saturated rings. The number of hydrogen-bond donors (Lipinski definition) is 1. The third-order valence-electron chi connectivity index (χ3n) is 5.52. The quantitative estimate of drug-likeness (QED) is 0.198. The van der Waals surface area contributed by atoms with Crippen LogP contribution in [0.2, 0.25) is 0 Å². The molecule has 0 amide bonds. The Morgan fingerprint density at radius 3 is 2.30 bits per heavy atom. The maximum absolute atomic E-state index is 12.8. The molecular formula is C25H23NO6S. The second kappa shape index (κ2) is 8.80. The third kappa shape index (κ3) is 4.40. The average molecular weight is 466 g/mol. The Balaban J connectivity index is 1.63. The number of carbonyl (C=O) groups excluding carboxylic acids is 1. The van der Waals surface area contributed by atoms with E-state index in [1.807, 2.05) is 19.1 Å². The van der Waals surface area contributed by atoms with Crippen molar-refractivity contribution in [3.63, 3.8) is 0 Å². The first kappa shape index (κ1) is 22.7. The molecule has 0 spiro atoms. The van der Waals surface area contributed by atoms with Gasteiger partial charge in [0.1, 0.15) is 17.4 Å². The Kier molecular flexibility index (Phi) is 6.05. The summed E-state index contributed by atoms with van der Waals surface area (Å²) in [7, 11) is -3.91. The van der Waals surface area contributed by atoms with Crippen LogP contribution in [0.25, 0.3) is 21.7 Å². The first-order valence-electron chi connectivity index (χ1n) is 10.5. The Labute approximate surface area is 191 Å². The smallest absolute Gasteiger partial charge is 0.344 e. The topological polar surface area (TPSA) is 103 Å². The SMILES string of the molecule is CC[C@@H](NS(=O)(=O)c1ccc(C)cc1)C(=O)Oc1ccc2c(oc(=O)c3ccccc32)c1C. The van der Waals surface area contributed by atoms with E-state index >= 15 is 0 Å². The summed E-state index contributed by atoms with van der Waals surface area (Å²) in [5, 5.41) is 1.92. The third-order valence-corrected chi connectivity index (χ3v) is 7.01. The molecule has 0 bridgehead atoms. The highest BCUT2D eigenvalue weighted by Crippen LogP contribution is 2.31. The van der Waals surface area contributed by atoms with Crippen LogP contribution in [0.3, 0.4) is 0 Å². The highest BCUT2D eigenvalue weighted by molar-refractivity contribution is 7.89. The molecule has 0 radical (unpaired) electrons. The van der Waals surface area contributed by atoms with Gasteiger partial charge in [0, 0.05) is 10.9 Å². The van der Waals surface area contributed by atoms with E-state index in [-0.39, 0.29) is 17.1 Å². The predicted molar refractivity (Wildman–Crippen MR) is 126 cm³/mol. The molecule has 4 aromatic rings. The summed E-state index contributed by atoms with van der Waals surface area (Å²) in [6.07, 6.45) is 0.191. The zero-order valence-electron chi connectivity index (χ0n) is 18.4. The highest BCUT2D eigenvalue weighted by Gasteiger charge is 2.27. The molecule has 33 heavy (non-hydrogen) atoms. The van der Waals surface area contributed by atoms with Crippen molar-refractivity contribution in [2.45, 2.75) is 38.1 Å². The van der Waals surface area contributed by atoms with Gasteiger partial charge in [0.15, 0.2) is 0 Å². The van der Waals surface area contributed by atoms with Crippen molar-refractivity contribution in [3.8, 4) is 5.75 Å². The van der Waals surface area contributed by atoms with Gasteiger partial charge < -0.3 is 9.15 Å². The Morgan fingerprint density at radius 1 is 0.970 bits per heavy atom. The lowest BCUT2D eigenvalue weighted by molar-refractivity contribution is -0.136. The highest BCUT2D eigenvalue weighted by atomic mass is 32.2. The fourth-order valence-corrected chi connectivity index (χ4v) is 4.89. The Hall–Kier alpha value is -3.49. The van der Waals surface area contributed by atoms with E-state index in [4.69, 9.17) is 9.15 Å². The minimum absolute atomic E-state index is 0.0647. The van der Waals surface area contributed by atoms with Crippen molar-refractivity contribution in [2.24, 2.45) is 0 Å². The minimum Gasteiger partial charge on any atom is -0.425 e. The summed E-state index contributed by atoms with van der Waals surface area (Å²) in [5.74, 6) is -0.558. The summed E-state index contributed by atoms with van der Waals surface area (Å²) in [4.78, 5) is 25.3. The monoisotopic (exact) mass is 465 g/mol. The molecule has 8 heteroatoms. The average Bonchev–Trinajstić information content (AvgIpc) is 2.80. The number of hydrogen-bond acceptors (Lipinski definition) is 6. The molecule has 1 atom stereocenters. The van der Waals surface area contributed by atoms with Gasteiger partial charge >= 0.3 is 11.6 Å². The number of ether oxygens (including phenoxy) is 1. The van der Waals surface area contributed by atoms with Crippen molar-refractivity contribution in [1.29, 1.82) is 0 Å². The molecule has 0 saturated heterocycles. The Bertz CT molecular complexity index is 1520. The fourth-order valence-electron chi connectivity index (χ4n) is 3.62. The van der Waals surface area contributed by atoms with Crippen LogP contribution < -0.4 is 15.1 Å². The van der Waals surface area contributed by atoms with Gasteiger partial charge in [0.2, 0.25) is 10.0 Å². The van der Waals surface area contributed by atoms with Gasteiger partial charge in [-0.2, -0.15) is 4.72 Å². The van der Waals surface area contributed by atoms with E-state index in [1.54, 1.807) is 50.2 Å². The summed E-state index contributed by atoms with van der Waals surface area (Å²) >= 11 is 0.